The van der Waals surface area contributed by atoms with E-state index in [-0.39, 0.29) is 28.6 Å². The fraction of sp³-hybridized carbons (Fsp3) is 0.407. The molecule has 2 aliphatic rings. The monoisotopic (exact) mass is 431 g/mol. The Morgan fingerprint density at radius 1 is 1.06 bits per heavy atom. The molecule has 2 aliphatic heterocycles. The molecule has 1 saturated heterocycles. The van der Waals surface area contributed by atoms with E-state index in [2.05, 4.69) is 32.9 Å². The summed E-state index contributed by atoms with van der Waals surface area (Å²) < 4.78 is 11.9. The zero-order valence-electron chi connectivity index (χ0n) is 19.1. The molecule has 0 saturated carbocycles. The molecule has 3 heterocycles. The highest BCUT2D eigenvalue weighted by Gasteiger charge is 2.44. The smallest absolute Gasteiger partial charge is 0.291 e. The Morgan fingerprint density at radius 3 is 2.47 bits per heavy atom. The number of nitrogens with zero attached hydrogens (tertiary/aromatic N) is 1. The van der Waals surface area contributed by atoms with Crippen LogP contribution in [0.25, 0.3) is 11.0 Å². The van der Waals surface area contributed by atoms with Gasteiger partial charge in [-0.25, -0.2) is 0 Å². The van der Waals surface area contributed by atoms with Crippen LogP contribution in [0.3, 0.4) is 0 Å². The summed E-state index contributed by atoms with van der Waals surface area (Å²) in [4.78, 5) is 28.9. The summed E-state index contributed by atoms with van der Waals surface area (Å²) in [5.41, 5.74) is 3.89. The fourth-order valence-electron chi connectivity index (χ4n) is 4.84. The molecule has 5 heteroatoms. The van der Waals surface area contributed by atoms with Gasteiger partial charge in [0.1, 0.15) is 5.58 Å². The van der Waals surface area contributed by atoms with Crippen LogP contribution in [0.5, 0.6) is 0 Å². The van der Waals surface area contributed by atoms with Crippen molar-refractivity contribution in [2.45, 2.75) is 58.1 Å². The van der Waals surface area contributed by atoms with Gasteiger partial charge in [-0.05, 0) is 48.4 Å². The van der Waals surface area contributed by atoms with Crippen molar-refractivity contribution in [2.75, 3.05) is 13.2 Å². The van der Waals surface area contributed by atoms with Crippen LogP contribution in [0, 0.1) is 6.92 Å². The van der Waals surface area contributed by atoms with Gasteiger partial charge in [0, 0.05) is 13.2 Å². The second kappa shape index (κ2) is 7.59. The van der Waals surface area contributed by atoms with Crippen LogP contribution in [-0.2, 0) is 10.2 Å². The molecular weight excluding hydrogens is 402 g/mol. The Hall–Kier alpha value is -2.92. The van der Waals surface area contributed by atoms with E-state index in [9.17, 15) is 9.59 Å². The molecular formula is C27H29NO4. The number of hydrogen-bond acceptors (Lipinski definition) is 4. The molecule has 0 unspecified atom stereocenters. The van der Waals surface area contributed by atoms with Gasteiger partial charge in [-0.3, -0.25) is 9.59 Å². The molecule has 1 fully saturated rings. The van der Waals surface area contributed by atoms with Gasteiger partial charge in [0.2, 0.25) is 5.76 Å². The standard InChI is InChI=1S/C27H29NO4/c1-16-7-12-21-20(14-16)24(29)22-23(17-8-10-18(11-9-17)27(2,3)4)28(26(30)25(22)32-21)15-19-6-5-13-31-19/h7-12,14,19,23H,5-6,13,15H2,1-4H3/t19-,23+/m0/s1. The Balaban J connectivity index is 1.67. The van der Waals surface area contributed by atoms with Gasteiger partial charge in [0.05, 0.1) is 23.1 Å². The minimum absolute atomic E-state index is 0.0172. The van der Waals surface area contributed by atoms with E-state index in [0.29, 0.717) is 29.7 Å². The third-order valence-electron chi connectivity index (χ3n) is 6.64. The van der Waals surface area contributed by atoms with Crippen molar-refractivity contribution in [1.29, 1.82) is 0 Å². The number of amides is 1. The zero-order chi connectivity index (χ0) is 22.6. The van der Waals surface area contributed by atoms with E-state index in [1.807, 2.05) is 31.2 Å². The van der Waals surface area contributed by atoms with Crippen LogP contribution < -0.4 is 5.43 Å². The fourth-order valence-corrected chi connectivity index (χ4v) is 4.84. The second-order valence-corrected chi connectivity index (χ2v) is 10.0. The van der Waals surface area contributed by atoms with Crippen LogP contribution in [0.15, 0.2) is 51.7 Å². The summed E-state index contributed by atoms with van der Waals surface area (Å²) in [6.45, 7) is 9.62. The van der Waals surface area contributed by atoms with Crippen molar-refractivity contribution < 1.29 is 13.9 Å². The molecule has 0 aliphatic carbocycles. The first-order valence-corrected chi connectivity index (χ1v) is 11.3. The minimum atomic E-state index is -0.475. The average molecular weight is 432 g/mol. The maximum Gasteiger partial charge on any atom is 0.291 e. The van der Waals surface area contributed by atoms with Crippen molar-refractivity contribution in [3.8, 4) is 0 Å². The Morgan fingerprint density at radius 2 is 1.81 bits per heavy atom. The summed E-state index contributed by atoms with van der Waals surface area (Å²) in [6, 6.07) is 13.3. The lowest BCUT2D eigenvalue weighted by molar-refractivity contribution is 0.0486. The molecule has 0 radical (unpaired) electrons. The number of ether oxygens (including phenoxy) is 1. The van der Waals surface area contributed by atoms with Gasteiger partial charge in [-0.1, -0.05) is 56.7 Å². The van der Waals surface area contributed by atoms with Crippen LogP contribution in [0.4, 0.5) is 0 Å². The number of carbonyl (C=O) groups excluding carboxylic acids is 1. The summed E-state index contributed by atoms with van der Waals surface area (Å²) in [5, 5.41) is 0.520. The van der Waals surface area contributed by atoms with Gasteiger partial charge >= 0.3 is 0 Å². The summed E-state index contributed by atoms with van der Waals surface area (Å²) in [5.74, 6) is -0.0748. The van der Waals surface area contributed by atoms with Crippen LogP contribution >= 0.6 is 0 Å². The highest BCUT2D eigenvalue weighted by atomic mass is 16.5. The maximum atomic E-state index is 13.6. The Labute approximate surface area is 188 Å². The highest BCUT2D eigenvalue weighted by Crippen LogP contribution is 2.39. The van der Waals surface area contributed by atoms with Crippen molar-refractivity contribution in [3.63, 3.8) is 0 Å². The molecule has 5 nitrogen and oxygen atoms in total. The molecule has 0 bridgehead atoms. The molecule has 166 valence electrons. The first-order valence-electron chi connectivity index (χ1n) is 11.3. The summed E-state index contributed by atoms with van der Waals surface area (Å²) in [6.07, 6.45) is 1.89. The Bertz CT molecular complexity index is 1240. The first kappa shape index (κ1) is 21.0. The normalized spacial score (nSPS) is 20.9. The number of carbonyl (C=O) groups is 1. The highest BCUT2D eigenvalue weighted by molar-refractivity contribution is 5.99. The van der Waals surface area contributed by atoms with Gasteiger partial charge in [0.25, 0.3) is 5.91 Å². The van der Waals surface area contributed by atoms with Gasteiger partial charge in [-0.2, -0.15) is 0 Å². The van der Waals surface area contributed by atoms with E-state index in [1.165, 1.54) is 5.56 Å². The average Bonchev–Trinajstić information content (AvgIpc) is 3.36. The van der Waals surface area contributed by atoms with E-state index >= 15 is 0 Å². The van der Waals surface area contributed by atoms with Crippen molar-refractivity contribution >= 4 is 16.9 Å². The molecule has 3 aromatic rings. The lowest BCUT2D eigenvalue weighted by Gasteiger charge is -2.28. The van der Waals surface area contributed by atoms with E-state index < -0.39 is 6.04 Å². The van der Waals surface area contributed by atoms with Crippen LogP contribution in [0.1, 0.15) is 72.5 Å². The molecule has 1 aromatic heterocycles. The number of hydrogen-bond donors (Lipinski definition) is 0. The summed E-state index contributed by atoms with van der Waals surface area (Å²) in [7, 11) is 0. The maximum absolute atomic E-state index is 13.6. The zero-order valence-corrected chi connectivity index (χ0v) is 19.1. The molecule has 0 N–H and O–H groups in total. The summed E-state index contributed by atoms with van der Waals surface area (Å²) >= 11 is 0. The molecule has 5 rings (SSSR count). The van der Waals surface area contributed by atoms with Crippen molar-refractivity contribution in [3.05, 3.63) is 80.7 Å². The second-order valence-electron chi connectivity index (χ2n) is 10.0. The van der Waals surface area contributed by atoms with Gasteiger partial charge in [-0.15, -0.1) is 0 Å². The topological polar surface area (TPSA) is 59.8 Å². The van der Waals surface area contributed by atoms with E-state index in [4.69, 9.17) is 9.15 Å². The Kier molecular flexibility index (Phi) is 4.97. The predicted molar refractivity (Wildman–Crippen MR) is 124 cm³/mol. The quantitative estimate of drug-likeness (QED) is 0.577. The number of aryl methyl sites for hydroxylation is 1. The number of benzene rings is 2. The minimum Gasteiger partial charge on any atom is -0.450 e. The lowest BCUT2D eigenvalue weighted by Crippen LogP contribution is -2.36. The number of rotatable bonds is 3. The molecule has 1 amide bonds. The molecule has 2 aromatic carbocycles. The van der Waals surface area contributed by atoms with Crippen LogP contribution in [0.2, 0.25) is 0 Å². The lowest BCUT2D eigenvalue weighted by atomic mass is 9.86. The van der Waals surface area contributed by atoms with Crippen molar-refractivity contribution in [2.24, 2.45) is 0 Å². The van der Waals surface area contributed by atoms with Crippen molar-refractivity contribution in [1.82, 2.24) is 4.90 Å². The van der Waals surface area contributed by atoms with E-state index in [0.717, 1.165) is 24.0 Å². The largest absolute Gasteiger partial charge is 0.450 e. The molecule has 2 atom stereocenters. The third kappa shape index (κ3) is 3.45. The first-order chi connectivity index (χ1) is 15.2. The predicted octanol–water partition coefficient (Wildman–Crippen LogP) is 5.12. The molecule has 32 heavy (non-hydrogen) atoms. The third-order valence-corrected chi connectivity index (χ3v) is 6.64. The molecule has 0 spiro atoms. The van der Waals surface area contributed by atoms with Crippen LogP contribution in [-0.4, -0.2) is 30.1 Å². The van der Waals surface area contributed by atoms with E-state index in [1.54, 1.807) is 11.0 Å². The SMILES string of the molecule is Cc1ccc2oc3c(c(=O)c2c1)[C@@H](c1ccc(C(C)(C)C)cc1)N(C[C@@H]1CCCO1)C3=O. The number of fused-ring (bicyclic) bond motifs is 2. The van der Waals surface area contributed by atoms with Gasteiger partial charge in [0.15, 0.2) is 5.43 Å². The van der Waals surface area contributed by atoms with Gasteiger partial charge < -0.3 is 14.1 Å².